The molecule has 1 aliphatic rings. The molecule has 0 radical (unpaired) electrons. The lowest BCUT2D eigenvalue weighted by molar-refractivity contribution is 0.208. The Morgan fingerprint density at radius 1 is 0.852 bits per heavy atom. The molecule has 1 fully saturated rings. The number of carbonyl (C=O) groups excluding carboxylic acids is 1. The van der Waals surface area contributed by atoms with E-state index in [-0.39, 0.29) is 6.03 Å². The fraction of sp³-hybridized carbons (Fsp3) is 0.227. The van der Waals surface area contributed by atoms with Gasteiger partial charge in [-0.15, -0.1) is 0 Å². The lowest BCUT2D eigenvalue weighted by Crippen LogP contribution is -2.50. The lowest BCUT2D eigenvalue weighted by atomic mass is 10.2. The van der Waals surface area contributed by atoms with Crippen molar-refractivity contribution in [2.24, 2.45) is 0 Å². The third kappa shape index (κ3) is 3.97. The summed E-state index contributed by atoms with van der Waals surface area (Å²) in [6.45, 7) is 5.24. The molecule has 5 nitrogen and oxygen atoms in total. The zero-order valence-electron chi connectivity index (χ0n) is 15.5. The molecule has 0 atom stereocenters. The Kier molecular flexibility index (Phi) is 4.83. The normalized spacial score (nSPS) is 14.3. The Bertz CT molecular complexity index is 912. The van der Waals surface area contributed by atoms with Gasteiger partial charge in [0.25, 0.3) is 0 Å². The number of nitrogens with zero attached hydrogens (tertiary/aromatic N) is 3. The molecule has 5 heteroatoms. The lowest BCUT2D eigenvalue weighted by Gasteiger charge is -2.36. The van der Waals surface area contributed by atoms with E-state index >= 15 is 0 Å². The first-order valence-corrected chi connectivity index (χ1v) is 9.30. The van der Waals surface area contributed by atoms with Crippen LogP contribution in [0.25, 0.3) is 5.69 Å². The largest absolute Gasteiger partial charge is 0.368 e. The van der Waals surface area contributed by atoms with Gasteiger partial charge in [-0.1, -0.05) is 18.2 Å². The van der Waals surface area contributed by atoms with Crippen LogP contribution in [0.1, 0.15) is 5.56 Å². The van der Waals surface area contributed by atoms with Crippen molar-refractivity contribution in [3.8, 4) is 5.69 Å². The molecule has 1 aliphatic heterocycles. The summed E-state index contributed by atoms with van der Waals surface area (Å²) in [6, 6.07) is 20.3. The number of nitrogens with one attached hydrogen (secondary N) is 1. The maximum Gasteiger partial charge on any atom is 0.321 e. The minimum Gasteiger partial charge on any atom is -0.368 e. The fourth-order valence-electron chi connectivity index (χ4n) is 3.45. The van der Waals surface area contributed by atoms with E-state index in [4.69, 9.17) is 0 Å². The van der Waals surface area contributed by atoms with Crippen LogP contribution in [0.2, 0.25) is 0 Å². The maximum atomic E-state index is 12.7. The summed E-state index contributed by atoms with van der Waals surface area (Å²) < 4.78 is 2.02. The number of urea groups is 1. The van der Waals surface area contributed by atoms with E-state index in [1.807, 2.05) is 58.3 Å². The summed E-state index contributed by atoms with van der Waals surface area (Å²) in [5.41, 5.74) is 4.33. The zero-order valence-corrected chi connectivity index (χ0v) is 15.5. The molecule has 1 aromatic heterocycles. The van der Waals surface area contributed by atoms with Crippen molar-refractivity contribution in [1.82, 2.24) is 9.47 Å². The number of aryl methyl sites for hydroxylation is 1. The molecule has 1 saturated heterocycles. The van der Waals surface area contributed by atoms with Crippen molar-refractivity contribution in [3.63, 3.8) is 0 Å². The molecular formula is C22H24N4O. The first-order valence-electron chi connectivity index (χ1n) is 9.30. The molecule has 1 N–H and O–H groups in total. The number of benzene rings is 2. The number of amides is 2. The average Bonchev–Trinajstić information content (AvgIpc) is 3.23. The molecule has 3 aromatic rings. The van der Waals surface area contributed by atoms with E-state index < -0.39 is 0 Å². The number of piperazine rings is 1. The summed E-state index contributed by atoms with van der Waals surface area (Å²) in [5.74, 6) is 0. The second-order valence-electron chi connectivity index (χ2n) is 6.88. The Hall–Kier alpha value is -3.21. The van der Waals surface area contributed by atoms with Gasteiger partial charge in [0.2, 0.25) is 0 Å². The highest BCUT2D eigenvalue weighted by Gasteiger charge is 2.21. The van der Waals surface area contributed by atoms with Crippen molar-refractivity contribution in [2.45, 2.75) is 6.92 Å². The first-order chi connectivity index (χ1) is 13.2. The van der Waals surface area contributed by atoms with Gasteiger partial charge < -0.3 is 19.7 Å². The molecular weight excluding hydrogens is 336 g/mol. The van der Waals surface area contributed by atoms with Gasteiger partial charge in [0, 0.05) is 55.6 Å². The Morgan fingerprint density at radius 3 is 2.30 bits per heavy atom. The second-order valence-corrected chi connectivity index (χ2v) is 6.88. The number of hydrogen-bond donors (Lipinski definition) is 1. The minimum absolute atomic E-state index is 0.0384. The number of anilines is 2. The van der Waals surface area contributed by atoms with Crippen LogP contribution in [0.15, 0.2) is 73.1 Å². The fourth-order valence-corrected chi connectivity index (χ4v) is 3.45. The maximum absolute atomic E-state index is 12.7. The van der Waals surface area contributed by atoms with Crippen LogP contribution in [-0.4, -0.2) is 41.7 Å². The topological polar surface area (TPSA) is 40.5 Å². The number of rotatable bonds is 3. The SMILES string of the molecule is Cc1cccc(N2CCN(C(=O)Nc3cccc(-n4cccc4)c3)CC2)c1. The van der Waals surface area contributed by atoms with Gasteiger partial charge in [-0.05, 0) is 55.0 Å². The molecule has 2 aromatic carbocycles. The van der Waals surface area contributed by atoms with Crippen LogP contribution in [0.3, 0.4) is 0 Å². The quantitative estimate of drug-likeness (QED) is 0.763. The van der Waals surface area contributed by atoms with Gasteiger partial charge in [-0.25, -0.2) is 4.79 Å². The molecule has 0 aliphatic carbocycles. The van der Waals surface area contributed by atoms with Crippen molar-refractivity contribution in [1.29, 1.82) is 0 Å². The van der Waals surface area contributed by atoms with Crippen LogP contribution in [0.4, 0.5) is 16.2 Å². The van der Waals surface area contributed by atoms with Gasteiger partial charge in [0.1, 0.15) is 0 Å². The Labute approximate surface area is 159 Å². The van der Waals surface area contributed by atoms with Gasteiger partial charge >= 0.3 is 6.03 Å². The van der Waals surface area contributed by atoms with Gasteiger partial charge in [-0.3, -0.25) is 0 Å². The van der Waals surface area contributed by atoms with E-state index in [1.165, 1.54) is 11.3 Å². The molecule has 0 saturated carbocycles. The molecule has 0 unspecified atom stereocenters. The van der Waals surface area contributed by atoms with E-state index in [9.17, 15) is 4.79 Å². The Morgan fingerprint density at radius 2 is 1.56 bits per heavy atom. The highest BCUT2D eigenvalue weighted by atomic mass is 16.2. The summed E-state index contributed by atoms with van der Waals surface area (Å²) >= 11 is 0. The molecule has 27 heavy (non-hydrogen) atoms. The van der Waals surface area contributed by atoms with Crippen LogP contribution in [0, 0.1) is 6.92 Å². The standard InChI is InChI=1S/C22H24N4O/c1-18-6-4-8-20(16-18)25-12-14-26(15-13-25)22(27)23-19-7-5-9-21(17-19)24-10-2-3-11-24/h2-11,16-17H,12-15H2,1H3,(H,23,27). The molecule has 0 bridgehead atoms. The summed E-state index contributed by atoms with van der Waals surface area (Å²) in [5, 5.41) is 3.03. The van der Waals surface area contributed by atoms with Crippen LogP contribution in [-0.2, 0) is 0 Å². The molecule has 2 amide bonds. The van der Waals surface area contributed by atoms with E-state index in [0.29, 0.717) is 0 Å². The summed E-state index contributed by atoms with van der Waals surface area (Å²) in [7, 11) is 0. The van der Waals surface area contributed by atoms with Crippen molar-refractivity contribution in [3.05, 3.63) is 78.6 Å². The zero-order chi connectivity index (χ0) is 18.6. The predicted octanol–water partition coefficient (Wildman–Crippen LogP) is 4.14. The van der Waals surface area contributed by atoms with Crippen molar-refractivity contribution in [2.75, 3.05) is 36.4 Å². The summed E-state index contributed by atoms with van der Waals surface area (Å²) in [6.07, 6.45) is 3.98. The van der Waals surface area contributed by atoms with E-state index in [0.717, 1.165) is 37.6 Å². The second kappa shape index (κ2) is 7.58. The van der Waals surface area contributed by atoms with Crippen LogP contribution >= 0.6 is 0 Å². The minimum atomic E-state index is -0.0384. The number of hydrogen-bond acceptors (Lipinski definition) is 2. The molecule has 4 rings (SSSR count). The number of aromatic nitrogens is 1. The molecule has 2 heterocycles. The van der Waals surface area contributed by atoms with Gasteiger partial charge in [-0.2, -0.15) is 0 Å². The first kappa shape index (κ1) is 17.2. The third-order valence-corrected chi connectivity index (χ3v) is 4.93. The van der Waals surface area contributed by atoms with Gasteiger partial charge in [0.15, 0.2) is 0 Å². The van der Waals surface area contributed by atoms with Crippen molar-refractivity contribution >= 4 is 17.4 Å². The third-order valence-electron chi connectivity index (χ3n) is 4.93. The monoisotopic (exact) mass is 360 g/mol. The van der Waals surface area contributed by atoms with E-state index in [2.05, 4.69) is 41.4 Å². The highest BCUT2D eigenvalue weighted by molar-refractivity contribution is 5.89. The van der Waals surface area contributed by atoms with Crippen molar-refractivity contribution < 1.29 is 4.79 Å². The Balaban J connectivity index is 1.37. The van der Waals surface area contributed by atoms with E-state index in [1.54, 1.807) is 0 Å². The van der Waals surface area contributed by atoms with Crippen LogP contribution in [0.5, 0.6) is 0 Å². The predicted molar refractivity (Wildman–Crippen MR) is 110 cm³/mol. The highest BCUT2D eigenvalue weighted by Crippen LogP contribution is 2.19. The van der Waals surface area contributed by atoms with Gasteiger partial charge in [0.05, 0.1) is 0 Å². The smallest absolute Gasteiger partial charge is 0.321 e. The molecule has 0 spiro atoms. The van der Waals surface area contributed by atoms with Crippen LogP contribution < -0.4 is 10.2 Å². The average molecular weight is 360 g/mol. The molecule has 138 valence electrons. The summed E-state index contributed by atoms with van der Waals surface area (Å²) in [4.78, 5) is 16.9. The number of carbonyl (C=O) groups is 1.